The SMILES string of the molecule is COc1cc(OC)cc(/C(=C\C#N)c2cccc(OCc3ccccc3)c2)c1. The number of methoxy groups -OCH3 is 2. The highest BCUT2D eigenvalue weighted by Gasteiger charge is 2.10. The molecule has 0 saturated carbocycles. The molecule has 0 heterocycles. The van der Waals surface area contributed by atoms with Crippen LogP contribution in [0.1, 0.15) is 16.7 Å². The number of benzene rings is 3. The van der Waals surface area contributed by atoms with Crippen LogP contribution in [0.3, 0.4) is 0 Å². The van der Waals surface area contributed by atoms with Gasteiger partial charge in [0, 0.05) is 12.1 Å². The molecule has 0 bridgehead atoms. The smallest absolute Gasteiger partial charge is 0.123 e. The lowest BCUT2D eigenvalue weighted by molar-refractivity contribution is 0.306. The number of hydrogen-bond donors (Lipinski definition) is 0. The van der Waals surface area contributed by atoms with Crippen molar-refractivity contribution >= 4 is 5.57 Å². The van der Waals surface area contributed by atoms with E-state index >= 15 is 0 Å². The Bertz CT molecular complexity index is 982. The maximum absolute atomic E-state index is 9.31. The molecular weight excluding hydrogens is 350 g/mol. The highest BCUT2D eigenvalue weighted by atomic mass is 16.5. The lowest BCUT2D eigenvalue weighted by atomic mass is 9.97. The molecule has 3 rings (SSSR count). The predicted molar refractivity (Wildman–Crippen MR) is 109 cm³/mol. The van der Waals surface area contributed by atoms with Gasteiger partial charge in [-0.15, -0.1) is 0 Å². The van der Waals surface area contributed by atoms with Crippen molar-refractivity contribution in [3.05, 3.63) is 95.6 Å². The van der Waals surface area contributed by atoms with Crippen molar-refractivity contribution in [1.29, 1.82) is 5.26 Å². The van der Waals surface area contributed by atoms with Crippen molar-refractivity contribution in [2.75, 3.05) is 14.2 Å². The normalized spacial score (nSPS) is 10.8. The van der Waals surface area contributed by atoms with Gasteiger partial charge in [0.15, 0.2) is 0 Å². The topological polar surface area (TPSA) is 51.5 Å². The van der Waals surface area contributed by atoms with Crippen LogP contribution in [0, 0.1) is 11.3 Å². The van der Waals surface area contributed by atoms with E-state index in [1.807, 2.05) is 66.7 Å². The number of rotatable bonds is 7. The Labute approximate surface area is 165 Å². The Balaban J connectivity index is 1.91. The van der Waals surface area contributed by atoms with E-state index in [4.69, 9.17) is 14.2 Å². The molecule has 0 aliphatic rings. The van der Waals surface area contributed by atoms with Crippen molar-refractivity contribution in [2.24, 2.45) is 0 Å². The summed E-state index contributed by atoms with van der Waals surface area (Å²) in [5.41, 5.74) is 3.57. The van der Waals surface area contributed by atoms with E-state index in [0.717, 1.165) is 28.0 Å². The second-order valence-electron chi connectivity index (χ2n) is 6.09. The summed E-state index contributed by atoms with van der Waals surface area (Å²) in [6, 6.07) is 25.4. The second kappa shape index (κ2) is 9.29. The van der Waals surface area contributed by atoms with Crippen LogP contribution in [0.4, 0.5) is 0 Å². The van der Waals surface area contributed by atoms with Gasteiger partial charge in [-0.2, -0.15) is 5.26 Å². The third-order valence-electron chi connectivity index (χ3n) is 4.26. The molecule has 140 valence electrons. The molecule has 0 atom stereocenters. The van der Waals surface area contributed by atoms with Gasteiger partial charge in [-0.05, 0) is 46.5 Å². The molecule has 0 aliphatic carbocycles. The first-order valence-corrected chi connectivity index (χ1v) is 8.84. The Hall–Kier alpha value is -3.71. The van der Waals surface area contributed by atoms with Crippen LogP contribution in [0.25, 0.3) is 5.57 Å². The minimum atomic E-state index is 0.481. The van der Waals surface area contributed by atoms with Crippen molar-refractivity contribution in [2.45, 2.75) is 6.61 Å². The van der Waals surface area contributed by atoms with Gasteiger partial charge in [0.25, 0.3) is 0 Å². The Kier molecular flexibility index (Phi) is 6.33. The van der Waals surface area contributed by atoms with Crippen molar-refractivity contribution in [3.8, 4) is 23.3 Å². The molecule has 0 saturated heterocycles. The van der Waals surface area contributed by atoms with Crippen molar-refractivity contribution in [3.63, 3.8) is 0 Å². The Morgan fingerprint density at radius 3 is 2.14 bits per heavy atom. The maximum Gasteiger partial charge on any atom is 0.123 e. The van der Waals surface area contributed by atoms with Gasteiger partial charge < -0.3 is 14.2 Å². The van der Waals surface area contributed by atoms with Crippen LogP contribution < -0.4 is 14.2 Å². The molecule has 0 aliphatic heterocycles. The summed E-state index contributed by atoms with van der Waals surface area (Å²) in [5.74, 6) is 2.06. The number of nitrogens with zero attached hydrogens (tertiary/aromatic N) is 1. The third-order valence-corrected chi connectivity index (χ3v) is 4.26. The summed E-state index contributed by atoms with van der Waals surface area (Å²) >= 11 is 0. The van der Waals surface area contributed by atoms with E-state index in [0.29, 0.717) is 18.1 Å². The quantitative estimate of drug-likeness (QED) is 0.533. The summed E-state index contributed by atoms with van der Waals surface area (Å²) in [7, 11) is 3.20. The molecule has 0 fully saturated rings. The number of allylic oxidation sites excluding steroid dienone is 1. The van der Waals surface area contributed by atoms with E-state index in [1.165, 1.54) is 6.08 Å². The molecule has 3 aromatic rings. The molecule has 3 aromatic carbocycles. The molecule has 4 heteroatoms. The maximum atomic E-state index is 9.31. The second-order valence-corrected chi connectivity index (χ2v) is 6.09. The van der Waals surface area contributed by atoms with Crippen LogP contribution >= 0.6 is 0 Å². The average Bonchev–Trinajstić information content (AvgIpc) is 2.76. The first kappa shape index (κ1) is 19.1. The Morgan fingerprint density at radius 2 is 1.50 bits per heavy atom. The molecule has 0 unspecified atom stereocenters. The van der Waals surface area contributed by atoms with Crippen LogP contribution in [0.2, 0.25) is 0 Å². The Morgan fingerprint density at radius 1 is 0.821 bits per heavy atom. The molecule has 28 heavy (non-hydrogen) atoms. The van der Waals surface area contributed by atoms with Crippen LogP contribution in [-0.2, 0) is 6.61 Å². The fourth-order valence-corrected chi connectivity index (χ4v) is 2.86. The predicted octanol–water partition coefficient (Wildman–Crippen LogP) is 5.24. The summed E-state index contributed by atoms with van der Waals surface area (Å²) in [6.07, 6.45) is 1.52. The van der Waals surface area contributed by atoms with E-state index < -0.39 is 0 Å². The number of ether oxygens (including phenoxy) is 3. The summed E-state index contributed by atoms with van der Waals surface area (Å²) in [4.78, 5) is 0. The third kappa shape index (κ3) is 4.72. The highest BCUT2D eigenvalue weighted by molar-refractivity contribution is 5.82. The zero-order valence-corrected chi connectivity index (χ0v) is 15.9. The number of nitriles is 1. The number of hydrogen-bond acceptors (Lipinski definition) is 4. The van der Waals surface area contributed by atoms with E-state index in [-0.39, 0.29) is 0 Å². The van der Waals surface area contributed by atoms with Crippen LogP contribution in [0.15, 0.2) is 78.9 Å². The molecule has 0 spiro atoms. The lowest BCUT2D eigenvalue weighted by Crippen LogP contribution is -1.97. The summed E-state index contributed by atoms with van der Waals surface area (Å²) in [5, 5.41) is 9.31. The molecule has 0 radical (unpaired) electrons. The van der Waals surface area contributed by atoms with Gasteiger partial charge >= 0.3 is 0 Å². The minimum absolute atomic E-state index is 0.481. The molecule has 0 amide bonds. The lowest BCUT2D eigenvalue weighted by Gasteiger charge is -2.13. The molecule has 4 nitrogen and oxygen atoms in total. The summed E-state index contributed by atoms with van der Waals surface area (Å²) < 4.78 is 16.6. The minimum Gasteiger partial charge on any atom is -0.497 e. The molecular formula is C24H21NO3. The van der Waals surface area contributed by atoms with Gasteiger partial charge in [-0.25, -0.2) is 0 Å². The molecule has 0 aromatic heterocycles. The zero-order chi connectivity index (χ0) is 19.8. The van der Waals surface area contributed by atoms with Crippen molar-refractivity contribution < 1.29 is 14.2 Å². The summed E-state index contributed by atoms with van der Waals surface area (Å²) in [6.45, 7) is 0.481. The van der Waals surface area contributed by atoms with E-state index in [2.05, 4.69) is 6.07 Å². The standard InChI is InChI=1S/C24H21NO3/c1-26-22-14-20(15-23(16-22)27-2)24(11-12-25)19-9-6-10-21(13-19)28-17-18-7-4-3-5-8-18/h3-11,13-16H,17H2,1-2H3/b24-11-. The fraction of sp³-hybridized carbons (Fsp3) is 0.125. The highest BCUT2D eigenvalue weighted by Crippen LogP contribution is 2.32. The van der Waals surface area contributed by atoms with Crippen molar-refractivity contribution in [1.82, 2.24) is 0 Å². The van der Waals surface area contributed by atoms with Gasteiger partial charge in [0.1, 0.15) is 23.9 Å². The van der Waals surface area contributed by atoms with Gasteiger partial charge in [-0.1, -0.05) is 42.5 Å². The monoisotopic (exact) mass is 371 g/mol. The van der Waals surface area contributed by atoms with Gasteiger partial charge in [0.05, 0.1) is 20.3 Å². The zero-order valence-electron chi connectivity index (χ0n) is 15.9. The van der Waals surface area contributed by atoms with Crippen LogP contribution in [-0.4, -0.2) is 14.2 Å². The van der Waals surface area contributed by atoms with E-state index in [1.54, 1.807) is 20.3 Å². The van der Waals surface area contributed by atoms with Gasteiger partial charge in [-0.3, -0.25) is 0 Å². The average molecular weight is 371 g/mol. The fourth-order valence-electron chi connectivity index (χ4n) is 2.86. The van der Waals surface area contributed by atoms with E-state index in [9.17, 15) is 5.26 Å². The largest absolute Gasteiger partial charge is 0.497 e. The first-order valence-electron chi connectivity index (χ1n) is 8.84. The van der Waals surface area contributed by atoms with Crippen LogP contribution in [0.5, 0.6) is 17.2 Å². The molecule has 0 N–H and O–H groups in total. The first-order chi connectivity index (χ1) is 13.7. The van der Waals surface area contributed by atoms with Gasteiger partial charge in [0.2, 0.25) is 0 Å².